The molecular weight excluding hydrogens is 861 g/mol. The third-order valence-corrected chi connectivity index (χ3v) is 15.8. The van der Waals surface area contributed by atoms with Crippen LogP contribution in [0, 0.1) is 5.92 Å². The lowest BCUT2D eigenvalue weighted by atomic mass is 9.64. The monoisotopic (exact) mass is 912 g/mol. The Labute approximate surface area is 415 Å². The van der Waals surface area contributed by atoms with Crippen molar-refractivity contribution in [2.24, 2.45) is 15.9 Å². The molecule has 0 saturated heterocycles. The maximum atomic E-state index is 6.39. The number of benzene rings is 8. The van der Waals surface area contributed by atoms with Crippen LogP contribution in [0.4, 0.5) is 0 Å². The molecule has 71 heavy (non-hydrogen) atoms. The Morgan fingerprint density at radius 3 is 2.08 bits per heavy atom. The van der Waals surface area contributed by atoms with Gasteiger partial charge in [0.25, 0.3) is 0 Å². The first-order valence-electron chi connectivity index (χ1n) is 25.0. The molecule has 0 aliphatic heterocycles. The summed E-state index contributed by atoms with van der Waals surface area (Å²) in [7, 11) is 0. The van der Waals surface area contributed by atoms with Gasteiger partial charge < -0.3 is 4.42 Å². The minimum absolute atomic E-state index is 0.0791. The molecule has 0 saturated carbocycles. The van der Waals surface area contributed by atoms with E-state index in [1.165, 1.54) is 61.2 Å². The Kier molecular flexibility index (Phi) is 10.2. The van der Waals surface area contributed by atoms with Crippen LogP contribution in [0.5, 0.6) is 0 Å². The predicted octanol–water partition coefficient (Wildman–Crippen LogP) is 15.2. The lowest BCUT2D eigenvalue weighted by Crippen LogP contribution is -2.31. The second-order valence-electron chi connectivity index (χ2n) is 19.7. The van der Waals surface area contributed by atoms with Crippen molar-refractivity contribution in [3.63, 3.8) is 0 Å². The third kappa shape index (κ3) is 6.78. The molecule has 1 aromatic heterocycles. The van der Waals surface area contributed by atoms with E-state index in [1.54, 1.807) is 0 Å². The Bertz CT molecular complexity index is 3900. The van der Waals surface area contributed by atoms with Crippen LogP contribution in [0.25, 0.3) is 62.1 Å². The summed E-state index contributed by atoms with van der Waals surface area (Å²) in [4.78, 5) is 10.7. The third-order valence-electron chi connectivity index (χ3n) is 15.8. The van der Waals surface area contributed by atoms with Crippen LogP contribution >= 0.6 is 0 Å². The summed E-state index contributed by atoms with van der Waals surface area (Å²) in [5.74, 6) is 0.673. The van der Waals surface area contributed by atoms with Crippen LogP contribution < -0.4 is 10.6 Å². The summed E-state index contributed by atoms with van der Waals surface area (Å²) in [5, 5.41) is 2.27. The van der Waals surface area contributed by atoms with E-state index in [0.29, 0.717) is 0 Å². The first-order valence-corrected chi connectivity index (χ1v) is 25.0. The minimum Gasteiger partial charge on any atom is -0.456 e. The fourth-order valence-electron chi connectivity index (χ4n) is 12.3. The number of amidine groups is 1. The Hall–Kier alpha value is -8.40. The van der Waals surface area contributed by atoms with E-state index >= 15 is 0 Å². The molecule has 9 aromatic rings. The van der Waals surface area contributed by atoms with Gasteiger partial charge in [0.15, 0.2) is 0 Å². The second-order valence-corrected chi connectivity index (χ2v) is 19.7. The van der Waals surface area contributed by atoms with Crippen LogP contribution in [0.2, 0.25) is 0 Å². The molecule has 0 amide bonds. The summed E-state index contributed by atoms with van der Waals surface area (Å²) < 4.78 is 6.39. The zero-order valence-electron chi connectivity index (χ0n) is 40.0. The normalized spacial score (nSPS) is 20.0. The zero-order valence-corrected chi connectivity index (χ0v) is 40.0. The molecule has 0 N–H and O–H groups in total. The van der Waals surface area contributed by atoms with Gasteiger partial charge in [-0.3, -0.25) is 4.99 Å². The van der Waals surface area contributed by atoms with E-state index in [4.69, 9.17) is 14.4 Å². The van der Waals surface area contributed by atoms with Gasteiger partial charge in [-0.25, -0.2) is 4.99 Å². The first kappa shape index (κ1) is 42.7. The van der Waals surface area contributed by atoms with Crippen LogP contribution in [-0.4, -0.2) is 11.5 Å². The van der Waals surface area contributed by atoms with Gasteiger partial charge in [0.05, 0.1) is 11.5 Å². The Balaban J connectivity index is 0.905. The standard InChI is InChI=1S/C68H52N2O/c1-4-63(45-20-6-5-7-21-45)70-66(51-36-38-55-54-27-10-15-34-64(54)71-65(55)43-51)69-44(2)46-22-18-23-47(40-46)48-24-19-25-49(41-48)50-35-37-53-52-26-8-11-30-58(52)68(62(53)42-50)59-31-12-9-28-56(59)57-29-16-17-39-67(57,3)60-32-13-14-33-61(60)68/h4-35,37-38,40-43,51,63H,1,36,39H2,2-3H3. The molecule has 3 heteroatoms. The molecule has 0 bridgehead atoms. The number of aliphatic imine (C=N–C) groups is 2. The number of allylic oxidation sites excluding steroid dienone is 4. The molecule has 1 spiro atoms. The van der Waals surface area contributed by atoms with E-state index in [-0.39, 0.29) is 17.4 Å². The van der Waals surface area contributed by atoms with Crippen molar-refractivity contribution in [2.75, 3.05) is 0 Å². The van der Waals surface area contributed by atoms with Gasteiger partial charge in [-0.1, -0.05) is 207 Å². The Morgan fingerprint density at radius 2 is 1.28 bits per heavy atom. The number of hydrogen-bond acceptors (Lipinski definition) is 2. The van der Waals surface area contributed by atoms with E-state index in [2.05, 4.69) is 227 Å². The minimum atomic E-state index is -0.518. The van der Waals surface area contributed by atoms with Crippen LogP contribution in [0.1, 0.15) is 77.2 Å². The van der Waals surface area contributed by atoms with Gasteiger partial charge in [0, 0.05) is 27.6 Å². The van der Waals surface area contributed by atoms with Gasteiger partial charge in [-0.05, 0) is 134 Å². The van der Waals surface area contributed by atoms with E-state index in [1.807, 2.05) is 24.3 Å². The summed E-state index contributed by atoms with van der Waals surface area (Å²) in [6.07, 6.45) is 15.1. The van der Waals surface area contributed by atoms with E-state index in [9.17, 15) is 0 Å². The molecule has 4 unspecified atom stereocenters. The summed E-state index contributed by atoms with van der Waals surface area (Å²) >= 11 is 0. The van der Waals surface area contributed by atoms with Crippen LogP contribution in [0.3, 0.4) is 0 Å². The highest BCUT2D eigenvalue weighted by Crippen LogP contribution is 2.63. The molecule has 340 valence electrons. The van der Waals surface area contributed by atoms with E-state index in [0.717, 1.165) is 68.2 Å². The van der Waals surface area contributed by atoms with Crippen LogP contribution in [-0.2, 0) is 10.8 Å². The number of nitrogens with zero attached hydrogens (tertiary/aromatic N) is 2. The average Bonchev–Trinajstić information content (AvgIpc) is 3.93. The highest BCUT2D eigenvalue weighted by atomic mass is 16.3. The van der Waals surface area contributed by atoms with Gasteiger partial charge in [0.2, 0.25) is 0 Å². The highest BCUT2D eigenvalue weighted by molar-refractivity contribution is 6.09. The second kappa shape index (κ2) is 16.9. The molecule has 4 aliphatic carbocycles. The largest absolute Gasteiger partial charge is 0.456 e. The molecule has 4 aliphatic rings. The quantitative estimate of drug-likeness (QED) is 0.0892. The van der Waals surface area contributed by atoms with Gasteiger partial charge in [0.1, 0.15) is 16.8 Å². The van der Waals surface area contributed by atoms with Crippen molar-refractivity contribution >= 4 is 40.2 Å². The molecule has 3 nitrogen and oxygen atoms in total. The Morgan fingerprint density at radius 1 is 0.634 bits per heavy atom. The average molecular weight is 913 g/mol. The van der Waals surface area contributed by atoms with Gasteiger partial charge >= 0.3 is 0 Å². The molecule has 13 rings (SSSR count). The lowest BCUT2D eigenvalue weighted by Gasteiger charge is -2.37. The zero-order chi connectivity index (χ0) is 47.7. The number of hydrogen-bond donors (Lipinski definition) is 0. The summed E-state index contributed by atoms with van der Waals surface area (Å²) in [6.45, 7) is 8.75. The maximum Gasteiger partial charge on any atom is 0.135 e. The molecule has 0 fully saturated rings. The molecule has 8 aromatic carbocycles. The van der Waals surface area contributed by atoms with E-state index < -0.39 is 5.41 Å². The fraction of sp³-hybridized carbons (Fsp3) is 0.118. The van der Waals surface area contributed by atoms with Crippen LogP contribution in [0.15, 0.2) is 239 Å². The first-order chi connectivity index (χ1) is 34.9. The smallest absolute Gasteiger partial charge is 0.135 e. The van der Waals surface area contributed by atoms with Crippen molar-refractivity contribution in [1.82, 2.24) is 0 Å². The molecular formula is C68H52N2O. The van der Waals surface area contributed by atoms with Crippen molar-refractivity contribution in [3.8, 4) is 33.4 Å². The number of rotatable bonds is 7. The van der Waals surface area contributed by atoms with Crippen molar-refractivity contribution in [3.05, 3.63) is 280 Å². The van der Waals surface area contributed by atoms with Crippen molar-refractivity contribution in [1.29, 1.82) is 0 Å². The number of furan rings is 1. The highest BCUT2D eigenvalue weighted by Gasteiger charge is 2.53. The number of para-hydroxylation sites is 1. The van der Waals surface area contributed by atoms with Crippen molar-refractivity contribution in [2.45, 2.75) is 43.6 Å². The van der Waals surface area contributed by atoms with Gasteiger partial charge in [-0.15, -0.1) is 6.58 Å². The SMILES string of the molecule is C=CC(N=C(N=C(C)c1cccc(-c2cccc(-c3ccc4c(c3)C3(c5ccccc5C5=CC=CCC5(C)c5ccccc53)c3ccccc3-4)c2)c1)C1C=c2oc3ccccc3c2=CC1)c1ccccc1. The molecule has 1 heterocycles. The lowest BCUT2D eigenvalue weighted by molar-refractivity contribution is 0.569. The fourth-order valence-corrected chi connectivity index (χ4v) is 12.3. The van der Waals surface area contributed by atoms with Gasteiger partial charge in [-0.2, -0.15) is 0 Å². The number of fused-ring (bicyclic) bond motifs is 15. The summed E-state index contributed by atoms with van der Waals surface area (Å²) in [6, 6.07) is 71.0. The topological polar surface area (TPSA) is 37.9 Å². The summed E-state index contributed by atoms with van der Waals surface area (Å²) in [5.41, 5.74) is 20.8. The van der Waals surface area contributed by atoms with Crippen molar-refractivity contribution < 1.29 is 4.42 Å². The predicted molar refractivity (Wildman–Crippen MR) is 295 cm³/mol. The molecule has 0 radical (unpaired) electrons. The molecule has 4 atom stereocenters. The maximum absolute atomic E-state index is 6.39.